The Hall–Kier alpha value is -1.91. The zero-order chi connectivity index (χ0) is 10.7. The average Bonchev–Trinajstić information content (AvgIpc) is 2.16. The number of aromatic carboxylic acids is 1. The lowest BCUT2D eigenvalue weighted by Gasteiger charge is -2.01. The molecule has 1 aromatic carbocycles. The third kappa shape index (κ3) is 1.87. The second-order valence-electron chi connectivity index (χ2n) is 2.76. The normalized spacial score (nSPS) is 9.79. The lowest BCUT2D eigenvalue weighted by atomic mass is 10.0. The van der Waals surface area contributed by atoms with Gasteiger partial charge in [-0.15, -0.1) is 0 Å². The summed E-state index contributed by atoms with van der Waals surface area (Å²) in [5, 5.41) is 19.2. The van der Waals surface area contributed by atoms with Crippen molar-refractivity contribution < 1.29 is 14.8 Å². The van der Waals surface area contributed by atoms with Gasteiger partial charge in [-0.1, -0.05) is 13.0 Å². The fraction of sp³-hybridized carbons (Fsp3) is 0.222. The smallest absolute Gasteiger partial charge is 0.336 e. The van der Waals surface area contributed by atoms with Crippen LogP contribution in [-0.2, 0) is 6.42 Å². The Labute approximate surface area is 80.1 Å². The lowest BCUT2D eigenvalue weighted by molar-refractivity contribution is -0.384. The van der Waals surface area contributed by atoms with E-state index in [0.717, 1.165) is 6.07 Å². The first-order valence-electron chi connectivity index (χ1n) is 4.07. The van der Waals surface area contributed by atoms with Gasteiger partial charge in [-0.2, -0.15) is 0 Å². The number of benzene rings is 1. The molecule has 0 radical (unpaired) electrons. The van der Waals surface area contributed by atoms with Gasteiger partial charge in [0.05, 0.1) is 10.5 Å². The Kier molecular flexibility index (Phi) is 2.81. The van der Waals surface area contributed by atoms with Crippen LogP contribution in [0.15, 0.2) is 18.2 Å². The molecule has 0 aliphatic carbocycles. The van der Waals surface area contributed by atoms with Crippen LogP contribution in [0.4, 0.5) is 5.69 Å². The van der Waals surface area contributed by atoms with Gasteiger partial charge < -0.3 is 5.11 Å². The molecule has 1 N–H and O–H groups in total. The molecule has 0 heterocycles. The van der Waals surface area contributed by atoms with Crippen molar-refractivity contribution in [3.8, 4) is 0 Å². The van der Waals surface area contributed by atoms with Crippen LogP contribution in [0.2, 0.25) is 0 Å². The molecule has 0 bridgehead atoms. The minimum absolute atomic E-state index is 0.00157. The number of carboxylic acids is 1. The lowest BCUT2D eigenvalue weighted by Crippen LogP contribution is -2.02. The van der Waals surface area contributed by atoms with E-state index in [2.05, 4.69) is 0 Å². The van der Waals surface area contributed by atoms with E-state index in [0.29, 0.717) is 12.0 Å². The number of nitrogens with zero attached hydrogens (tertiary/aromatic N) is 1. The van der Waals surface area contributed by atoms with Crippen LogP contribution in [0.5, 0.6) is 0 Å². The number of hydrogen-bond acceptors (Lipinski definition) is 3. The van der Waals surface area contributed by atoms with Gasteiger partial charge in [-0.25, -0.2) is 4.79 Å². The Bertz CT molecular complexity index is 386. The van der Waals surface area contributed by atoms with Crippen LogP contribution in [0.25, 0.3) is 0 Å². The highest BCUT2D eigenvalue weighted by Gasteiger charge is 2.14. The monoisotopic (exact) mass is 195 g/mol. The van der Waals surface area contributed by atoms with E-state index in [4.69, 9.17) is 5.11 Å². The molecule has 0 spiro atoms. The summed E-state index contributed by atoms with van der Waals surface area (Å²) in [6, 6.07) is 3.87. The van der Waals surface area contributed by atoms with Crippen LogP contribution in [0, 0.1) is 10.1 Å². The molecule has 0 unspecified atom stereocenters. The summed E-state index contributed by atoms with van der Waals surface area (Å²) in [6.07, 6.45) is 0.541. The summed E-state index contributed by atoms with van der Waals surface area (Å²) in [5.74, 6) is -1.13. The van der Waals surface area contributed by atoms with Gasteiger partial charge in [0.1, 0.15) is 0 Å². The number of carbonyl (C=O) groups is 1. The van der Waals surface area contributed by atoms with Crippen molar-refractivity contribution in [1.29, 1.82) is 0 Å². The number of carboxylic acid groups (broad SMARTS) is 1. The summed E-state index contributed by atoms with van der Waals surface area (Å²) < 4.78 is 0. The van der Waals surface area contributed by atoms with Crippen molar-refractivity contribution in [2.24, 2.45) is 0 Å². The molecule has 0 aromatic heterocycles. The van der Waals surface area contributed by atoms with Gasteiger partial charge in [-0.3, -0.25) is 10.1 Å². The molecule has 1 rings (SSSR count). The number of hydrogen-bond donors (Lipinski definition) is 1. The summed E-state index contributed by atoms with van der Waals surface area (Å²) in [5.41, 5.74) is 0.407. The van der Waals surface area contributed by atoms with Crippen LogP contribution >= 0.6 is 0 Å². The summed E-state index contributed by atoms with van der Waals surface area (Å²) >= 11 is 0. The fourth-order valence-corrected chi connectivity index (χ4v) is 1.19. The molecule has 14 heavy (non-hydrogen) atoms. The van der Waals surface area contributed by atoms with E-state index in [1.54, 1.807) is 6.92 Å². The first kappa shape index (κ1) is 10.2. The molecule has 0 aliphatic heterocycles. The molecule has 0 saturated heterocycles. The predicted octanol–water partition coefficient (Wildman–Crippen LogP) is 1.86. The zero-order valence-corrected chi connectivity index (χ0v) is 7.56. The molecule has 0 saturated carbocycles. The van der Waals surface area contributed by atoms with Gasteiger partial charge >= 0.3 is 5.97 Å². The van der Waals surface area contributed by atoms with Gasteiger partial charge in [0, 0.05) is 12.1 Å². The molecule has 1 aromatic rings. The minimum atomic E-state index is -1.13. The largest absolute Gasteiger partial charge is 0.478 e. The molecule has 5 nitrogen and oxygen atoms in total. The minimum Gasteiger partial charge on any atom is -0.478 e. The Morgan fingerprint density at radius 2 is 2.21 bits per heavy atom. The number of aryl methyl sites for hydroxylation is 1. The van der Waals surface area contributed by atoms with E-state index in [1.165, 1.54) is 12.1 Å². The van der Waals surface area contributed by atoms with Crippen LogP contribution in [0.3, 0.4) is 0 Å². The standard InChI is InChI=1S/C9H9NO4/c1-2-6-3-4-7(10(13)14)5-8(6)9(11)12/h3-5H,2H2,1H3,(H,11,12). The molecule has 0 amide bonds. The van der Waals surface area contributed by atoms with Gasteiger partial charge in [0.2, 0.25) is 0 Å². The Balaban J connectivity index is 3.27. The topological polar surface area (TPSA) is 80.4 Å². The molecule has 0 aliphatic rings. The third-order valence-corrected chi connectivity index (χ3v) is 1.92. The SMILES string of the molecule is CCc1ccc([N+](=O)[O-])cc1C(=O)O. The van der Waals surface area contributed by atoms with Crippen molar-refractivity contribution in [1.82, 2.24) is 0 Å². The molecule has 0 fully saturated rings. The van der Waals surface area contributed by atoms with E-state index >= 15 is 0 Å². The van der Waals surface area contributed by atoms with Crippen LogP contribution in [0.1, 0.15) is 22.8 Å². The fourth-order valence-electron chi connectivity index (χ4n) is 1.19. The summed E-state index contributed by atoms with van der Waals surface area (Å²) in [4.78, 5) is 20.5. The highest BCUT2D eigenvalue weighted by molar-refractivity contribution is 5.90. The van der Waals surface area contributed by atoms with Crippen LogP contribution < -0.4 is 0 Å². The predicted molar refractivity (Wildman–Crippen MR) is 49.4 cm³/mol. The molecular formula is C9H9NO4. The second kappa shape index (κ2) is 3.87. The summed E-state index contributed by atoms with van der Waals surface area (Å²) in [7, 11) is 0. The maximum Gasteiger partial charge on any atom is 0.336 e. The van der Waals surface area contributed by atoms with Gasteiger partial charge in [-0.05, 0) is 12.0 Å². The maximum absolute atomic E-state index is 10.7. The number of non-ortho nitro benzene ring substituents is 1. The second-order valence-corrected chi connectivity index (χ2v) is 2.76. The molecule has 5 heteroatoms. The first-order valence-corrected chi connectivity index (χ1v) is 4.07. The Morgan fingerprint density at radius 1 is 1.57 bits per heavy atom. The van der Waals surface area contributed by atoms with Gasteiger partial charge in [0.25, 0.3) is 5.69 Å². The summed E-state index contributed by atoms with van der Waals surface area (Å²) in [6.45, 7) is 1.80. The molecule has 0 atom stereocenters. The van der Waals surface area contributed by atoms with E-state index < -0.39 is 10.9 Å². The number of rotatable bonds is 3. The number of nitro benzene ring substituents is 1. The zero-order valence-electron chi connectivity index (χ0n) is 7.56. The van der Waals surface area contributed by atoms with E-state index in [9.17, 15) is 14.9 Å². The van der Waals surface area contributed by atoms with Crippen molar-refractivity contribution in [2.45, 2.75) is 13.3 Å². The van der Waals surface area contributed by atoms with E-state index in [-0.39, 0.29) is 11.3 Å². The maximum atomic E-state index is 10.7. The Morgan fingerprint density at radius 3 is 2.64 bits per heavy atom. The van der Waals surface area contributed by atoms with Crippen molar-refractivity contribution in [3.05, 3.63) is 39.4 Å². The third-order valence-electron chi connectivity index (χ3n) is 1.92. The first-order chi connectivity index (χ1) is 6.56. The van der Waals surface area contributed by atoms with Crippen molar-refractivity contribution in [2.75, 3.05) is 0 Å². The molecular weight excluding hydrogens is 186 g/mol. The highest BCUT2D eigenvalue weighted by Crippen LogP contribution is 2.18. The quantitative estimate of drug-likeness (QED) is 0.589. The highest BCUT2D eigenvalue weighted by atomic mass is 16.6. The number of nitro groups is 1. The van der Waals surface area contributed by atoms with Crippen LogP contribution in [-0.4, -0.2) is 16.0 Å². The average molecular weight is 195 g/mol. The molecule has 74 valence electrons. The van der Waals surface area contributed by atoms with E-state index in [1.807, 2.05) is 0 Å². The van der Waals surface area contributed by atoms with Crippen molar-refractivity contribution >= 4 is 11.7 Å². The van der Waals surface area contributed by atoms with Gasteiger partial charge in [0.15, 0.2) is 0 Å². The van der Waals surface area contributed by atoms with Crippen molar-refractivity contribution in [3.63, 3.8) is 0 Å².